The van der Waals surface area contributed by atoms with Crippen LogP contribution in [0.2, 0.25) is 0 Å². The first-order valence-corrected chi connectivity index (χ1v) is 5.89. The van der Waals surface area contributed by atoms with Crippen molar-refractivity contribution in [1.82, 2.24) is 15.0 Å². The Morgan fingerprint density at radius 3 is 2.67 bits per heavy atom. The van der Waals surface area contributed by atoms with E-state index in [0.29, 0.717) is 6.04 Å². The molecule has 0 fully saturated rings. The maximum atomic E-state index is 4.21. The maximum absolute atomic E-state index is 4.21. The van der Waals surface area contributed by atoms with Gasteiger partial charge >= 0.3 is 0 Å². The Labute approximate surface area is 92.3 Å². The van der Waals surface area contributed by atoms with Crippen LogP contribution in [0.4, 0.5) is 5.82 Å². The summed E-state index contributed by atoms with van der Waals surface area (Å²) >= 11 is 0. The minimum Gasteiger partial charge on any atom is -0.354 e. The molecule has 0 aliphatic rings. The number of hydrogen-bond donors (Lipinski definition) is 0. The van der Waals surface area contributed by atoms with Gasteiger partial charge in [0.25, 0.3) is 0 Å². The molecule has 86 valence electrons. The quantitative estimate of drug-likeness (QED) is 0.723. The van der Waals surface area contributed by atoms with Gasteiger partial charge < -0.3 is 4.90 Å². The van der Waals surface area contributed by atoms with E-state index in [1.54, 1.807) is 0 Å². The van der Waals surface area contributed by atoms with Crippen LogP contribution in [-0.2, 0) is 0 Å². The predicted octanol–water partition coefficient (Wildman–Crippen LogP) is 2.49. The number of nitrogens with zero attached hydrogens (tertiary/aromatic N) is 4. The van der Waals surface area contributed by atoms with Crippen molar-refractivity contribution in [2.75, 3.05) is 18.0 Å². The molecule has 4 nitrogen and oxygen atoms in total. The zero-order valence-corrected chi connectivity index (χ0v) is 10.3. The van der Waals surface area contributed by atoms with Crippen LogP contribution in [0.1, 0.15) is 46.6 Å². The Balaban J connectivity index is 2.72. The van der Waals surface area contributed by atoms with Gasteiger partial charge in [-0.15, -0.1) is 5.10 Å². The van der Waals surface area contributed by atoms with E-state index in [1.807, 2.05) is 10.9 Å². The highest BCUT2D eigenvalue weighted by Gasteiger charge is 2.10. The maximum Gasteiger partial charge on any atom is 0.171 e. The van der Waals surface area contributed by atoms with Crippen LogP contribution >= 0.6 is 0 Å². The minimum absolute atomic E-state index is 0.437. The monoisotopic (exact) mass is 210 g/mol. The van der Waals surface area contributed by atoms with E-state index < -0.39 is 0 Å². The van der Waals surface area contributed by atoms with Gasteiger partial charge in [0.2, 0.25) is 0 Å². The first kappa shape index (κ1) is 12.0. The van der Waals surface area contributed by atoms with Gasteiger partial charge in [-0.25, -0.2) is 4.68 Å². The Bertz CT molecular complexity index is 282. The SMILES string of the molecule is CCCN(CC)c1cn(C(C)CC)nn1. The molecule has 0 saturated carbocycles. The summed E-state index contributed by atoms with van der Waals surface area (Å²) in [5.41, 5.74) is 0. The highest BCUT2D eigenvalue weighted by Crippen LogP contribution is 2.14. The van der Waals surface area contributed by atoms with Gasteiger partial charge in [0, 0.05) is 13.1 Å². The van der Waals surface area contributed by atoms with Crippen LogP contribution in [0, 0.1) is 0 Å². The van der Waals surface area contributed by atoms with Crippen LogP contribution in [0.15, 0.2) is 6.20 Å². The average Bonchev–Trinajstić information content (AvgIpc) is 2.73. The largest absolute Gasteiger partial charge is 0.354 e. The molecule has 1 rings (SSSR count). The van der Waals surface area contributed by atoms with Crippen molar-refractivity contribution in [2.24, 2.45) is 0 Å². The van der Waals surface area contributed by atoms with E-state index in [0.717, 1.165) is 31.7 Å². The number of hydrogen-bond acceptors (Lipinski definition) is 3. The first-order valence-electron chi connectivity index (χ1n) is 5.89. The first-order chi connectivity index (χ1) is 7.22. The van der Waals surface area contributed by atoms with Crippen molar-refractivity contribution in [1.29, 1.82) is 0 Å². The summed E-state index contributed by atoms with van der Waals surface area (Å²) in [6, 6.07) is 0.437. The molecule has 0 aliphatic heterocycles. The lowest BCUT2D eigenvalue weighted by molar-refractivity contribution is 0.464. The van der Waals surface area contributed by atoms with E-state index >= 15 is 0 Å². The molecular weight excluding hydrogens is 188 g/mol. The molecule has 0 saturated heterocycles. The van der Waals surface area contributed by atoms with Crippen molar-refractivity contribution < 1.29 is 0 Å². The molecule has 0 aromatic carbocycles. The summed E-state index contributed by atoms with van der Waals surface area (Å²) in [4.78, 5) is 2.26. The molecule has 0 aliphatic carbocycles. The smallest absolute Gasteiger partial charge is 0.171 e. The zero-order chi connectivity index (χ0) is 11.3. The molecule has 1 heterocycles. The molecule has 1 aromatic heterocycles. The molecule has 0 radical (unpaired) electrons. The molecule has 0 amide bonds. The molecule has 0 bridgehead atoms. The van der Waals surface area contributed by atoms with Crippen LogP contribution < -0.4 is 4.90 Å². The Morgan fingerprint density at radius 1 is 1.40 bits per heavy atom. The highest BCUT2D eigenvalue weighted by atomic mass is 15.5. The van der Waals surface area contributed by atoms with Gasteiger partial charge in [-0.3, -0.25) is 0 Å². The third-order valence-corrected chi connectivity index (χ3v) is 2.74. The summed E-state index contributed by atoms with van der Waals surface area (Å²) in [6.45, 7) is 10.7. The van der Waals surface area contributed by atoms with E-state index in [-0.39, 0.29) is 0 Å². The highest BCUT2D eigenvalue weighted by molar-refractivity contribution is 5.34. The third-order valence-electron chi connectivity index (χ3n) is 2.74. The van der Waals surface area contributed by atoms with Crippen LogP contribution in [-0.4, -0.2) is 28.1 Å². The second-order valence-corrected chi connectivity index (χ2v) is 3.89. The number of aromatic nitrogens is 3. The minimum atomic E-state index is 0.437. The Hall–Kier alpha value is -1.06. The lowest BCUT2D eigenvalue weighted by Crippen LogP contribution is -2.23. The molecule has 1 unspecified atom stereocenters. The van der Waals surface area contributed by atoms with Crippen molar-refractivity contribution in [2.45, 2.75) is 46.6 Å². The van der Waals surface area contributed by atoms with Crippen molar-refractivity contribution in [3.05, 3.63) is 6.20 Å². The molecule has 1 atom stereocenters. The number of anilines is 1. The van der Waals surface area contributed by atoms with Crippen LogP contribution in [0.5, 0.6) is 0 Å². The summed E-state index contributed by atoms with van der Waals surface area (Å²) in [6.07, 6.45) is 4.28. The molecule has 4 heteroatoms. The second-order valence-electron chi connectivity index (χ2n) is 3.89. The summed E-state index contributed by atoms with van der Waals surface area (Å²) in [5.74, 6) is 1.000. The second kappa shape index (κ2) is 5.73. The fourth-order valence-electron chi connectivity index (χ4n) is 1.52. The fraction of sp³-hybridized carbons (Fsp3) is 0.818. The fourth-order valence-corrected chi connectivity index (χ4v) is 1.52. The normalized spacial score (nSPS) is 12.8. The van der Waals surface area contributed by atoms with Gasteiger partial charge in [0.05, 0.1) is 12.2 Å². The lowest BCUT2D eigenvalue weighted by Gasteiger charge is -2.18. The summed E-state index contributed by atoms with van der Waals surface area (Å²) in [7, 11) is 0. The van der Waals surface area contributed by atoms with Gasteiger partial charge in [0.1, 0.15) is 0 Å². The van der Waals surface area contributed by atoms with E-state index in [1.165, 1.54) is 0 Å². The van der Waals surface area contributed by atoms with E-state index in [4.69, 9.17) is 0 Å². The van der Waals surface area contributed by atoms with E-state index in [2.05, 4.69) is 42.9 Å². The average molecular weight is 210 g/mol. The van der Waals surface area contributed by atoms with Gasteiger partial charge in [-0.1, -0.05) is 19.1 Å². The van der Waals surface area contributed by atoms with Gasteiger partial charge in [0.15, 0.2) is 5.82 Å². The Morgan fingerprint density at radius 2 is 2.13 bits per heavy atom. The molecule has 0 N–H and O–H groups in total. The number of rotatable bonds is 6. The standard InChI is InChI=1S/C11H22N4/c1-5-8-14(7-3)11-9-15(13-12-11)10(4)6-2/h9-10H,5-8H2,1-4H3. The molecular formula is C11H22N4. The van der Waals surface area contributed by atoms with E-state index in [9.17, 15) is 0 Å². The molecule has 0 spiro atoms. The van der Waals surface area contributed by atoms with Crippen molar-refractivity contribution in [3.63, 3.8) is 0 Å². The third kappa shape index (κ3) is 2.94. The van der Waals surface area contributed by atoms with Crippen LogP contribution in [0.3, 0.4) is 0 Å². The predicted molar refractivity (Wildman–Crippen MR) is 63.2 cm³/mol. The van der Waals surface area contributed by atoms with Gasteiger partial charge in [-0.05, 0) is 26.7 Å². The molecule has 15 heavy (non-hydrogen) atoms. The summed E-state index contributed by atoms with van der Waals surface area (Å²) in [5, 5.41) is 8.38. The topological polar surface area (TPSA) is 34.0 Å². The zero-order valence-electron chi connectivity index (χ0n) is 10.3. The Kier molecular flexibility index (Phi) is 4.59. The molecule has 1 aromatic rings. The van der Waals surface area contributed by atoms with Crippen LogP contribution in [0.25, 0.3) is 0 Å². The van der Waals surface area contributed by atoms with Crippen molar-refractivity contribution in [3.8, 4) is 0 Å². The summed E-state index contributed by atoms with van der Waals surface area (Å²) < 4.78 is 1.95. The lowest BCUT2D eigenvalue weighted by atomic mass is 10.3. The van der Waals surface area contributed by atoms with Crippen molar-refractivity contribution >= 4 is 5.82 Å². The van der Waals surface area contributed by atoms with Gasteiger partial charge in [-0.2, -0.15) is 0 Å².